The van der Waals surface area contributed by atoms with Crippen LogP contribution in [0.1, 0.15) is 30.1 Å². The van der Waals surface area contributed by atoms with Gasteiger partial charge >= 0.3 is 0 Å². The minimum Gasteiger partial charge on any atom is -0.507 e. The molecule has 130 valence electrons. The van der Waals surface area contributed by atoms with Gasteiger partial charge in [-0.25, -0.2) is 0 Å². The summed E-state index contributed by atoms with van der Waals surface area (Å²) in [6.45, 7) is 4.74. The smallest absolute Gasteiger partial charge is 0.259 e. The molecule has 1 aliphatic heterocycles. The summed E-state index contributed by atoms with van der Waals surface area (Å²) in [5.41, 5.74) is 0.114. The molecule has 1 unspecified atom stereocenters. The van der Waals surface area contributed by atoms with Crippen molar-refractivity contribution in [1.82, 2.24) is 10.2 Å². The summed E-state index contributed by atoms with van der Waals surface area (Å²) in [5.74, 6) is 0.199. The van der Waals surface area contributed by atoms with Crippen LogP contribution in [0.15, 0.2) is 12.1 Å². The van der Waals surface area contributed by atoms with E-state index in [-0.39, 0.29) is 35.4 Å². The maximum absolute atomic E-state index is 12.4. The lowest BCUT2D eigenvalue weighted by molar-refractivity contribution is 0.0934. The fourth-order valence-corrected chi connectivity index (χ4v) is 2.98. The maximum atomic E-state index is 12.4. The van der Waals surface area contributed by atoms with Crippen LogP contribution in [-0.4, -0.2) is 55.8 Å². The number of nitrogens with zero attached hydrogens (tertiary/aromatic N) is 1. The van der Waals surface area contributed by atoms with Gasteiger partial charge in [-0.3, -0.25) is 9.69 Å². The van der Waals surface area contributed by atoms with E-state index >= 15 is 0 Å². The third-order valence-electron chi connectivity index (χ3n) is 4.15. The molecular formula is C16H25ClN2O4. The van der Waals surface area contributed by atoms with Crippen molar-refractivity contribution >= 4 is 18.3 Å². The molecule has 23 heavy (non-hydrogen) atoms. The van der Waals surface area contributed by atoms with Crippen LogP contribution < -0.4 is 14.8 Å². The number of phenolic OH excluding ortho intramolecular Hbond substituents is 1. The molecule has 2 N–H and O–H groups in total. The molecule has 0 radical (unpaired) electrons. The lowest BCUT2D eigenvalue weighted by Gasteiger charge is -2.23. The molecule has 6 nitrogen and oxygen atoms in total. The maximum Gasteiger partial charge on any atom is 0.259 e. The van der Waals surface area contributed by atoms with Gasteiger partial charge in [0.1, 0.15) is 11.3 Å². The molecule has 7 heteroatoms. The van der Waals surface area contributed by atoms with Gasteiger partial charge in [0.25, 0.3) is 5.91 Å². The summed E-state index contributed by atoms with van der Waals surface area (Å²) in [7, 11) is 2.94. The molecule has 1 aromatic rings. The van der Waals surface area contributed by atoms with E-state index in [9.17, 15) is 9.90 Å². The zero-order chi connectivity index (χ0) is 16.1. The van der Waals surface area contributed by atoms with Crippen LogP contribution in [0.5, 0.6) is 17.2 Å². The Balaban J connectivity index is 0.00000264. The van der Waals surface area contributed by atoms with Gasteiger partial charge in [-0.15, -0.1) is 12.4 Å². The Bertz CT molecular complexity index is 539. The lowest BCUT2D eigenvalue weighted by atomic mass is 10.1. The van der Waals surface area contributed by atoms with E-state index in [1.54, 1.807) is 6.07 Å². The summed E-state index contributed by atoms with van der Waals surface area (Å²) in [4.78, 5) is 14.8. The highest BCUT2D eigenvalue weighted by Crippen LogP contribution is 2.36. The standard InChI is InChI=1S/C16H24N2O4.ClH/c1-4-18-9-5-6-11(18)10-17-16(20)14-12(19)7-8-13(21-2)15(14)22-3;/h7-8,11,19H,4-6,9-10H2,1-3H3,(H,17,20);1H. The molecule has 1 amide bonds. The van der Waals surface area contributed by atoms with Crippen molar-refractivity contribution in [3.63, 3.8) is 0 Å². The topological polar surface area (TPSA) is 71.0 Å². The molecular weight excluding hydrogens is 320 g/mol. The number of likely N-dealkylation sites (N-methyl/N-ethyl adjacent to an activating group) is 1. The number of carbonyl (C=O) groups is 1. The van der Waals surface area contributed by atoms with E-state index < -0.39 is 0 Å². The summed E-state index contributed by atoms with van der Waals surface area (Å²) >= 11 is 0. The van der Waals surface area contributed by atoms with Crippen LogP contribution in [0.25, 0.3) is 0 Å². The second kappa shape index (κ2) is 8.84. The van der Waals surface area contributed by atoms with E-state index in [1.807, 2.05) is 0 Å². The van der Waals surface area contributed by atoms with Crippen LogP contribution in [0.4, 0.5) is 0 Å². The quantitative estimate of drug-likeness (QED) is 0.826. The van der Waals surface area contributed by atoms with Crippen LogP contribution in [0.3, 0.4) is 0 Å². The van der Waals surface area contributed by atoms with Crippen molar-refractivity contribution in [2.75, 3.05) is 33.9 Å². The highest BCUT2D eigenvalue weighted by atomic mass is 35.5. The fourth-order valence-electron chi connectivity index (χ4n) is 2.98. The largest absolute Gasteiger partial charge is 0.507 e. The first-order valence-electron chi connectivity index (χ1n) is 7.58. The molecule has 0 aromatic heterocycles. The van der Waals surface area contributed by atoms with Crippen molar-refractivity contribution < 1.29 is 19.4 Å². The number of rotatable bonds is 6. The highest BCUT2D eigenvalue weighted by molar-refractivity contribution is 6.00. The number of aromatic hydroxyl groups is 1. The minimum atomic E-state index is -0.351. The van der Waals surface area contributed by atoms with Crippen molar-refractivity contribution in [3.8, 4) is 17.2 Å². The lowest BCUT2D eigenvalue weighted by Crippen LogP contribution is -2.40. The third kappa shape index (κ3) is 4.20. The molecule has 1 aliphatic rings. The Kier molecular flexibility index (Phi) is 7.45. The average molecular weight is 345 g/mol. The van der Waals surface area contributed by atoms with E-state index in [0.29, 0.717) is 18.3 Å². The summed E-state index contributed by atoms with van der Waals surface area (Å²) in [5, 5.41) is 12.9. The summed E-state index contributed by atoms with van der Waals surface area (Å²) < 4.78 is 10.4. The Labute approximate surface area is 143 Å². The Hall–Kier alpha value is -1.66. The van der Waals surface area contributed by atoms with Crippen LogP contribution >= 0.6 is 12.4 Å². The fraction of sp³-hybridized carbons (Fsp3) is 0.562. The third-order valence-corrected chi connectivity index (χ3v) is 4.15. The Morgan fingerprint density at radius 2 is 2.13 bits per heavy atom. The molecule has 0 aliphatic carbocycles. The number of phenols is 1. The average Bonchev–Trinajstić information content (AvgIpc) is 2.99. The van der Waals surface area contributed by atoms with E-state index in [1.165, 1.54) is 20.3 Å². The monoisotopic (exact) mass is 344 g/mol. The summed E-state index contributed by atoms with van der Waals surface area (Å²) in [6, 6.07) is 3.36. The SMILES string of the molecule is CCN1CCCC1CNC(=O)c1c(O)ccc(OC)c1OC.Cl. The second-order valence-corrected chi connectivity index (χ2v) is 5.33. The second-order valence-electron chi connectivity index (χ2n) is 5.33. The molecule has 1 aromatic carbocycles. The molecule has 0 spiro atoms. The van der Waals surface area contributed by atoms with Gasteiger partial charge in [-0.1, -0.05) is 6.92 Å². The number of hydrogen-bond acceptors (Lipinski definition) is 5. The molecule has 1 saturated heterocycles. The number of methoxy groups -OCH3 is 2. The zero-order valence-corrected chi connectivity index (χ0v) is 14.6. The minimum absolute atomic E-state index is 0. The van der Waals surface area contributed by atoms with Gasteiger partial charge in [0.2, 0.25) is 0 Å². The molecule has 2 rings (SSSR count). The van der Waals surface area contributed by atoms with Crippen LogP contribution in [-0.2, 0) is 0 Å². The number of likely N-dealkylation sites (tertiary alicyclic amines) is 1. The van der Waals surface area contributed by atoms with Crippen molar-refractivity contribution in [1.29, 1.82) is 0 Å². The number of amides is 1. The van der Waals surface area contributed by atoms with E-state index in [0.717, 1.165) is 25.9 Å². The number of ether oxygens (including phenoxy) is 2. The van der Waals surface area contributed by atoms with Gasteiger partial charge in [0, 0.05) is 12.6 Å². The first kappa shape index (κ1) is 19.4. The predicted octanol–water partition coefficient (Wildman–Crippen LogP) is 2.05. The van der Waals surface area contributed by atoms with Crippen molar-refractivity contribution in [3.05, 3.63) is 17.7 Å². The molecule has 1 heterocycles. The Morgan fingerprint density at radius 1 is 1.39 bits per heavy atom. The number of benzene rings is 1. The number of halogens is 1. The van der Waals surface area contributed by atoms with Gasteiger partial charge in [-0.2, -0.15) is 0 Å². The first-order chi connectivity index (χ1) is 10.6. The summed E-state index contributed by atoms with van der Waals surface area (Å²) in [6.07, 6.45) is 2.23. The van der Waals surface area contributed by atoms with Crippen LogP contribution in [0.2, 0.25) is 0 Å². The van der Waals surface area contributed by atoms with Gasteiger partial charge < -0.3 is 19.9 Å². The number of hydrogen-bond donors (Lipinski definition) is 2. The molecule has 1 fully saturated rings. The first-order valence-corrected chi connectivity index (χ1v) is 7.58. The van der Waals surface area contributed by atoms with Gasteiger partial charge in [-0.05, 0) is 38.1 Å². The molecule has 0 saturated carbocycles. The highest BCUT2D eigenvalue weighted by Gasteiger charge is 2.26. The van der Waals surface area contributed by atoms with E-state index in [4.69, 9.17) is 9.47 Å². The van der Waals surface area contributed by atoms with Gasteiger partial charge in [0.15, 0.2) is 11.5 Å². The van der Waals surface area contributed by atoms with E-state index in [2.05, 4.69) is 17.1 Å². The van der Waals surface area contributed by atoms with Crippen molar-refractivity contribution in [2.45, 2.75) is 25.8 Å². The Morgan fingerprint density at radius 3 is 2.74 bits per heavy atom. The van der Waals surface area contributed by atoms with Crippen molar-refractivity contribution in [2.24, 2.45) is 0 Å². The van der Waals surface area contributed by atoms with Crippen LogP contribution in [0, 0.1) is 0 Å². The zero-order valence-electron chi connectivity index (χ0n) is 13.8. The molecule has 1 atom stereocenters. The van der Waals surface area contributed by atoms with Gasteiger partial charge in [0.05, 0.1) is 14.2 Å². The predicted molar refractivity (Wildman–Crippen MR) is 91.1 cm³/mol. The number of nitrogens with one attached hydrogen (secondary N) is 1. The number of carbonyl (C=O) groups excluding carboxylic acids is 1. The molecule has 0 bridgehead atoms. The normalized spacial score (nSPS) is 17.4.